The van der Waals surface area contributed by atoms with Crippen LogP contribution >= 0.6 is 0 Å². The fraction of sp³-hybridized carbons (Fsp3) is 0.300. The molecule has 2 aromatic carbocycles. The second-order valence-corrected chi connectivity index (χ2v) is 7.01. The van der Waals surface area contributed by atoms with Gasteiger partial charge in [0.1, 0.15) is 11.3 Å². The van der Waals surface area contributed by atoms with Crippen molar-refractivity contribution in [2.45, 2.75) is 31.2 Å². The SMILES string of the molecule is CN1C(=O)[C@H](c2ccc(C(C)(F)F)cc2)C(C)(c2cccc(O)c2)N=C1N. The highest BCUT2D eigenvalue weighted by Gasteiger charge is 2.47. The number of hydrogen-bond acceptors (Lipinski definition) is 4. The molecule has 2 atom stereocenters. The number of nitrogens with zero attached hydrogens (tertiary/aromatic N) is 2. The van der Waals surface area contributed by atoms with Crippen LogP contribution < -0.4 is 5.73 Å². The largest absolute Gasteiger partial charge is 0.508 e. The Hall–Kier alpha value is -2.96. The predicted octanol–water partition coefficient (Wildman–Crippen LogP) is 3.29. The number of rotatable bonds is 3. The summed E-state index contributed by atoms with van der Waals surface area (Å²) in [5, 5.41) is 9.87. The van der Waals surface area contributed by atoms with E-state index < -0.39 is 17.4 Å². The summed E-state index contributed by atoms with van der Waals surface area (Å²) in [6.07, 6.45) is 0. The number of halogens is 2. The van der Waals surface area contributed by atoms with Gasteiger partial charge in [0.2, 0.25) is 5.91 Å². The number of hydrogen-bond donors (Lipinski definition) is 2. The molecule has 2 aromatic rings. The molecule has 1 amide bonds. The first-order valence-electron chi connectivity index (χ1n) is 8.44. The van der Waals surface area contributed by atoms with Crippen LogP contribution in [-0.2, 0) is 16.3 Å². The summed E-state index contributed by atoms with van der Waals surface area (Å²) in [7, 11) is 1.52. The molecule has 5 nitrogen and oxygen atoms in total. The molecule has 0 bridgehead atoms. The van der Waals surface area contributed by atoms with Crippen LogP contribution in [0.4, 0.5) is 8.78 Å². The maximum absolute atomic E-state index is 13.5. The molecule has 3 rings (SSSR count). The molecule has 27 heavy (non-hydrogen) atoms. The van der Waals surface area contributed by atoms with E-state index in [4.69, 9.17) is 5.73 Å². The first-order chi connectivity index (χ1) is 12.5. The molecule has 1 heterocycles. The molecule has 0 saturated carbocycles. The van der Waals surface area contributed by atoms with Crippen LogP contribution in [0.3, 0.4) is 0 Å². The Balaban J connectivity index is 2.16. The Morgan fingerprint density at radius 2 is 1.85 bits per heavy atom. The summed E-state index contributed by atoms with van der Waals surface area (Å²) in [4.78, 5) is 18.8. The van der Waals surface area contributed by atoms with E-state index in [1.807, 2.05) is 0 Å². The molecular weight excluding hydrogens is 352 g/mol. The number of phenols is 1. The van der Waals surface area contributed by atoms with Crippen LogP contribution in [0.25, 0.3) is 0 Å². The van der Waals surface area contributed by atoms with E-state index in [9.17, 15) is 18.7 Å². The van der Waals surface area contributed by atoms with Gasteiger partial charge in [-0.25, -0.2) is 13.8 Å². The van der Waals surface area contributed by atoms with Crippen LogP contribution in [0.2, 0.25) is 0 Å². The summed E-state index contributed by atoms with van der Waals surface area (Å²) >= 11 is 0. The van der Waals surface area contributed by atoms with Gasteiger partial charge in [-0.15, -0.1) is 0 Å². The standard InChI is InChI=1S/C20H21F2N3O2/c1-19(14-5-4-6-15(26)11-14)16(17(27)25(3)18(23)24-19)12-7-9-13(10-8-12)20(2,21)22/h4-11,16,26H,1-3H3,(H2,23,24)/t16-,19?/m0/s1. The second kappa shape index (κ2) is 6.33. The molecule has 1 aliphatic heterocycles. The summed E-state index contributed by atoms with van der Waals surface area (Å²) < 4.78 is 27.1. The number of carbonyl (C=O) groups excluding carboxylic acids is 1. The number of benzene rings is 2. The molecule has 1 aliphatic rings. The van der Waals surface area contributed by atoms with E-state index in [1.54, 1.807) is 19.1 Å². The number of aromatic hydroxyl groups is 1. The maximum Gasteiger partial charge on any atom is 0.270 e. The minimum atomic E-state index is -2.97. The minimum Gasteiger partial charge on any atom is -0.508 e. The van der Waals surface area contributed by atoms with Crippen molar-refractivity contribution in [1.29, 1.82) is 0 Å². The van der Waals surface area contributed by atoms with Crippen molar-refractivity contribution in [3.63, 3.8) is 0 Å². The van der Waals surface area contributed by atoms with E-state index >= 15 is 0 Å². The van der Waals surface area contributed by atoms with Gasteiger partial charge in [-0.05, 0) is 30.2 Å². The van der Waals surface area contributed by atoms with Gasteiger partial charge in [0.15, 0.2) is 5.96 Å². The Kier molecular flexibility index (Phi) is 4.41. The number of carbonyl (C=O) groups is 1. The molecular formula is C20H21F2N3O2. The molecule has 142 valence electrons. The fourth-order valence-corrected chi connectivity index (χ4v) is 3.41. The number of nitrogens with two attached hydrogens (primary N) is 1. The molecule has 0 fully saturated rings. The number of likely N-dealkylation sites (N-methyl/N-ethyl adjacent to an activating group) is 1. The van der Waals surface area contributed by atoms with Crippen molar-refractivity contribution in [2.75, 3.05) is 7.05 Å². The van der Waals surface area contributed by atoms with Crippen LogP contribution in [0.5, 0.6) is 5.75 Å². The first-order valence-corrected chi connectivity index (χ1v) is 8.44. The van der Waals surface area contributed by atoms with Crippen molar-refractivity contribution in [2.24, 2.45) is 10.7 Å². The van der Waals surface area contributed by atoms with Crippen LogP contribution in [0.1, 0.15) is 36.5 Å². The van der Waals surface area contributed by atoms with E-state index in [-0.39, 0.29) is 23.2 Å². The zero-order valence-electron chi connectivity index (χ0n) is 15.3. The molecule has 1 unspecified atom stereocenters. The van der Waals surface area contributed by atoms with Crippen molar-refractivity contribution in [3.8, 4) is 5.75 Å². The minimum absolute atomic E-state index is 0.0357. The highest BCUT2D eigenvalue weighted by Crippen LogP contribution is 2.44. The average molecular weight is 373 g/mol. The van der Waals surface area contributed by atoms with E-state index in [2.05, 4.69) is 4.99 Å². The van der Waals surface area contributed by atoms with Gasteiger partial charge in [0.05, 0.1) is 5.92 Å². The zero-order chi connectivity index (χ0) is 20.0. The third-order valence-electron chi connectivity index (χ3n) is 5.01. The van der Waals surface area contributed by atoms with Gasteiger partial charge in [-0.3, -0.25) is 9.69 Å². The van der Waals surface area contributed by atoms with E-state index in [1.165, 1.54) is 48.3 Å². The van der Waals surface area contributed by atoms with Crippen molar-refractivity contribution < 1.29 is 18.7 Å². The molecule has 0 aliphatic carbocycles. The van der Waals surface area contributed by atoms with Crippen molar-refractivity contribution in [1.82, 2.24) is 4.90 Å². The van der Waals surface area contributed by atoms with Gasteiger partial charge in [-0.1, -0.05) is 36.4 Å². The van der Waals surface area contributed by atoms with Crippen molar-refractivity contribution in [3.05, 3.63) is 65.2 Å². The van der Waals surface area contributed by atoms with E-state index in [0.29, 0.717) is 11.1 Å². The highest BCUT2D eigenvalue weighted by molar-refractivity contribution is 6.02. The molecule has 0 aromatic heterocycles. The van der Waals surface area contributed by atoms with Gasteiger partial charge < -0.3 is 10.8 Å². The van der Waals surface area contributed by atoms with Gasteiger partial charge >= 0.3 is 0 Å². The molecule has 7 heteroatoms. The van der Waals surface area contributed by atoms with Crippen molar-refractivity contribution >= 4 is 11.9 Å². The quantitative estimate of drug-likeness (QED) is 0.867. The first kappa shape index (κ1) is 18.8. The monoisotopic (exact) mass is 373 g/mol. The van der Waals surface area contributed by atoms with E-state index in [0.717, 1.165) is 6.92 Å². The average Bonchev–Trinajstić information content (AvgIpc) is 2.59. The topological polar surface area (TPSA) is 78.9 Å². The number of aliphatic imine (C=N–C) groups is 1. The number of phenolic OH excluding ortho intramolecular Hbond substituents is 1. The Bertz CT molecular complexity index is 906. The lowest BCUT2D eigenvalue weighted by Crippen LogP contribution is -2.52. The smallest absolute Gasteiger partial charge is 0.270 e. The lowest BCUT2D eigenvalue weighted by Gasteiger charge is -2.41. The normalized spacial score (nSPS) is 23.3. The fourth-order valence-electron chi connectivity index (χ4n) is 3.41. The number of alkyl halides is 2. The van der Waals surface area contributed by atoms with Gasteiger partial charge in [0, 0.05) is 19.5 Å². The van der Waals surface area contributed by atoms with Crippen LogP contribution in [0, 0.1) is 0 Å². The molecule has 0 radical (unpaired) electrons. The zero-order valence-corrected chi connectivity index (χ0v) is 15.3. The summed E-state index contributed by atoms with van der Waals surface area (Å²) in [5.41, 5.74) is 5.85. The summed E-state index contributed by atoms with van der Waals surface area (Å²) in [5.74, 6) is -3.96. The molecule has 0 spiro atoms. The maximum atomic E-state index is 13.5. The summed E-state index contributed by atoms with van der Waals surface area (Å²) in [6.45, 7) is 2.57. The lowest BCUT2D eigenvalue weighted by atomic mass is 9.74. The third kappa shape index (κ3) is 3.25. The van der Waals surface area contributed by atoms with Crippen LogP contribution in [-0.4, -0.2) is 28.9 Å². The lowest BCUT2D eigenvalue weighted by molar-refractivity contribution is -0.130. The molecule has 0 saturated heterocycles. The molecule has 3 N–H and O–H groups in total. The Labute approximate surface area is 156 Å². The summed E-state index contributed by atoms with van der Waals surface area (Å²) in [6, 6.07) is 12.1. The predicted molar refractivity (Wildman–Crippen MR) is 98.6 cm³/mol. The highest BCUT2D eigenvalue weighted by atomic mass is 19.3. The Morgan fingerprint density at radius 3 is 2.41 bits per heavy atom. The van der Waals surface area contributed by atoms with Crippen LogP contribution in [0.15, 0.2) is 53.5 Å². The van der Waals surface area contributed by atoms with Gasteiger partial charge in [0.25, 0.3) is 5.92 Å². The number of guanidine groups is 1. The third-order valence-corrected chi connectivity index (χ3v) is 5.01. The van der Waals surface area contributed by atoms with Gasteiger partial charge in [-0.2, -0.15) is 0 Å². The Morgan fingerprint density at radius 1 is 1.22 bits per heavy atom. The second-order valence-electron chi connectivity index (χ2n) is 7.01. The number of amides is 1.